The first kappa shape index (κ1) is 15.4. The molecule has 2 aromatic carbocycles. The van der Waals surface area contributed by atoms with Crippen molar-refractivity contribution in [1.29, 1.82) is 0 Å². The summed E-state index contributed by atoms with van der Waals surface area (Å²) < 4.78 is 5.28. The van der Waals surface area contributed by atoms with E-state index < -0.39 is 11.4 Å². The van der Waals surface area contributed by atoms with Gasteiger partial charge in [-0.3, -0.25) is 4.79 Å². The highest BCUT2D eigenvalue weighted by atomic mass is 16.5. The molecule has 0 unspecified atom stereocenters. The van der Waals surface area contributed by atoms with Crippen molar-refractivity contribution >= 4 is 16.9 Å². The maximum absolute atomic E-state index is 12.2. The first-order valence-electron chi connectivity index (χ1n) is 7.14. The second-order valence-electron chi connectivity index (χ2n) is 5.07. The molecule has 0 aliphatic heterocycles. The van der Waals surface area contributed by atoms with Gasteiger partial charge in [0.05, 0.1) is 18.0 Å². The fourth-order valence-electron chi connectivity index (χ4n) is 2.33. The SMILES string of the molecule is COc1cc(C#Cc2ccccc2)cc2c(=O)cc(C(=O)O)[nH]c12. The van der Waals surface area contributed by atoms with Crippen LogP contribution in [0.2, 0.25) is 0 Å². The van der Waals surface area contributed by atoms with Gasteiger partial charge in [0.25, 0.3) is 0 Å². The molecule has 0 aliphatic rings. The van der Waals surface area contributed by atoms with Crippen molar-refractivity contribution in [2.45, 2.75) is 0 Å². The number of carboxylic acids is 1. The highest BCUT2D eigenvalue weighted by Crippen LogP contribution is 2.24. The van der Waals surface area contributed by atoms with Crippen LogP contribution in [-0.4, -0.2) is 23.2 Å². The number of aromatic amines is 1. The zero-order valence-corrected chi connectivity index (χ0v) is 12.8. The maximum atomic E-state index is 12.2. The molecule has 0 atom stereocenters. The molecule has 2 N–H and O–H groups in total. The Morgan fingerprint density at radius 1 is 1.08 bits per heavy atom. The van der Waals surface area contributed by atoms with Gasteiger partial charge in [-0.2, -0.15) is 0 Å². The topological polar surface area (TPSA) is 79.4 Å². The number of aromatic nitrogens is 1. The molecular weight excluding hydrogens is 306 g/mol. The van der Waals surface area contributed by atoms with Crippen LogP contribution in [0.4, 0.5) is 0 Å². The number of pyridine rings is 1. The number of hydrogen-bond acceptors (Lipinski definition) is 3. The van der Waals surface area contributed by atoms with Crippen molar-refractivity contribution in [1.82, 2.24) is 4.98 Å². The molecule has 0 bridgehead atoms. The van der Waals surface area contributed by atoms with Crippen molar-refractivity contribution in [3.63, 3.8) is 0 Å². The van der Waals surface area contributed by atoms with Crippen LogP contribution in [0.1, 0.15) is 21.6 Å². The van der Waals surface area contributed by atoms with Gasteiger partial charge in [0.1, 0.15) is 11.4 Å². The number of fused-ring (bicyclic) bond motifs is 1. The van der Waals surface area contributed by atoms with E-state index in [4.69, 9.17) is 9.84 Å². The number of nitrogens with one attached hydrogen (secondary N) is 1. The van der Waals surface area contributed by atoms with Gasteiger partial charge in [-0.25, -0.2) is 4.79 Å². The van der Waals surface area contributed by atoms with E-state index in [1.54, 1.807) is 12.1 Å². The van der Waals surface area contributed by atoms with Gasteiger partial charge in [0.15, 0.2) is 5.43 Å². The molecule has 0 radical (unpaired) electrons. The molecule has 118 valence electrons. The van der Waals surface area contributed by atoms with Crippen LogP contribution in [0.15, 0.2) is 53.3 Å². The maximum Gasteiger partial charge on any atom is 0.352 e. The lowest BCUT2D eigenvalue weighted by molar-refractivity contribution is 0.0691. The van der Waals surface area contributed by atoms with Gasteiger partial charge in [0.2, 0.25) is 0 Å². The summed E-state index contributed by atoms with van der Waals surface area (Å²) in [6.07, 6.45) is 0. The molecule has 0 saturated heterocycles. The third kappa shape index (κ3) is 2.99. The quantitative estimate of drug-likeness (QED) is 0.712. The van der Waals surface area contributed by atoms with Crippen molar-refractivity contribution in [2.75, 3.05) is 7.11 Å². The number of rotatable bonds is 2. The minimum atomic E-state index is -1.20. The Morgan fingerprint density at radius 3 is 2.46 bits per heavy atom. The lowest BCUT2D eigenvalue weighted by atomic mass is 10.1. The van der Waals surface area contributed by atoms with Gasteiger partial charge >= 0.3 is 5.97 Å². The number of aromatic carboxylic acids is 1. The van der Waals surface area contributed by atoms with Gasteiger partial charge < -0.3 is 14.8 Å². The van der Waals surface area contributed by atoms with Crippen LogP contribution in [0.5, 0.6) is 5.75 Å². The summed E-state index contributed by atoms with van der Waals surface area (Å²) >= 11 is 0. The van der Waals surface area contributed by atoms with Gasteiger partial charge in [0, 0.05) is 17.2 Å². The van der Waals surface area contributed by atoms with E-state index in [9.17, 15) is 9.59 Å². The molecule has 0 amide bonds. The van der Waals surface area contributed by atoms with E-state index >= 15 is 0 Å². The summed E-state index contributed by atoms with van der Waals surface area (Å²) in [6.45, 7) is 0. The van der Waals surface area contributed by atoms with E-state index in [0.717, 1.165) is 11.6 Å². The largest absolute Gasteiger partial charge is 0.495 e. The lowest BCUT2D eigenvalue weighted by Gasteiger charge is -2.07. The molecule has 0 aliphatic carbocycles. The van der Waals surface area contributed by atoms with E-state index in [-0.39, 0.29) is 5.69 Å². The minimum Gasteiger partial charge on any atom is -0.495 e. The molecule has 24 heavy (non-hydrogen) atoms. The number of hydrogen-bond donors (Lipinski definition) is 2. The van der Waals surface area contributed by atoms with E-state index in [1.165, 1.54) is 7.11 Å². The number of carbonyl (C=O) groups is 1. The van der Waals surface area contributed by atoms with Gasteiger partial charge in [-0.05, 0) is 24.3 Å². The third-order valence-corrected chi connectivity index (χ3v) is 3.48. The molecule has 5 heteroatoms. The Kier molecular flexibility index (Phi) is 4.04. The van der Waals surface area contributed by atoms with Crippen LogP contribution >= 0.6 is 0 Å². The fraction of sp³-hybridized carbons (Fsp3) is 0.0526. The number of benzene rings is 2. The highest BCUT2D eigenvalue weighted by Gasteiger charge is 2.12. The molecule has 3 rings (SSSR count). The molecule has 0 saturated carbocycles. The molecule has 0 fully saturated rings. The average molecular weight is 319 g/mol. The van der Waals surface area contributed by atoms with Crippen molar-refractivity contribution in [2.24, 2.45) is 0 Å². The first-order valence-corrected chi connectivity index (χ1v) is 7.14. The van der Waals surface area contributed by atoms with Crippen LogP contribution < -0.4 is 10.2 Å². The Balaban J connectivity index is 2.18. The zero-order chi connectivity index (χ0) is 17.1. The first-order chi connectivity index (χ1) is 11.6. The Labute approximate surface area is 137 Å². The van der Waals surface area contributed by atoms with E-state index in [1.807, 2.05) is 30.3 Å². The number of carboxylic acid groups (broad SMARTS) is 1. The van der Waals surface area contributed by atoms with Gasteiger partial charge in [-0.15, -0.1) is 0 Å². The normalized spacial score (nSPS) is 10.0. The van der Waals surface area contributed by atoms with Crippen molar-refractivity contribution in [3.05, 3.63) is 75.6 Å². The molecule has 0 spiro atoms. The second-order valence-corrected chi connectivity index (χ2v) is 5.07. The summed E-state index contributed by atoms with van der Waals surface area (Å²) in [5, 5.41) is 9.39. The third-order valence-electron chi connectivity index (χ3n) is 3.48. The van der Waals surface area contributed by atoms with E-state index in [0.29, 0.717) is 22.2 Å². The zero-order valence-electron chi connectivity index (χ0n) is 12.8. The number of H-pyrrole nitrogens is 1. The Hall–Kier alpha value is -3.52. The Morgan fingerprint density at radius 2 is 1.79 bits per heavy atom. The number of ether oxygens (including phenoxy) is 1. The molecular formula is C19H13NO4. The summed E-state index contributed by atoms with van der Waals surface area (Å²) in [7, 11) is 1.45. The molecule has 1 aromatic heterocycles. The van der Waals surface area contributed by atoms with Crippen LogP contribution in [0.3, 0.4) is 0 Å². The van der Waals surface area contributed by atoms with Gasteiger partial charge in [-0.1, -0.05) is 30.0 Å². The summed E-state index contributed by atoms with van der Waals surface area (Å²) in [5.74, 6) is 5.17. The monoisotopic (exact) mass is 319 g/mol. The molecule has 3 aromatic rings. The van der Waals surface area contributed by atoms with E-state index in [2.05, 4.69) is 16.8 Å². The summed E-state index contributed by atoms with van der Waals surface area (Å²) in [6, 6.07) is 13.8. The molecule has 5 nitrogen and oxygen atoms in total. The molecule has 1 heterocycles. The van der Waals surface area contributed by atoms with Crippen LogP contribution in [0.25, 0.3) is 10.9 Å². The minimum absolute atomic E-state index is 0.186. The standard InChI is InChI=1S/C19H13NO4/c1-24-17-10-13(8-7-12-5-3-2-4-6-12)9-14-16(21)11-15(19(22)23)20-18(14)17/h2-6,9-11H,1H3,(H,20,21)(H,22,23). The Bertz CT molecular complexity index is 1040. The second kappa shape index (κ2) is 6.31. The predicted molar refractivity (Wildman–Crippen MR) is 90.5 cm³/mol. The van der Waals surface area contributed by atoms with Crippen LogP contribution in [0, 0.1) is 11.8 Å². The van der Waals surface area contributed by atoms with Crippen molar-refractivity contribution in [3.8, 4) is 17.6 Å². The highest BCUT2D eigenvalue weighted by molar-refractivity contribution is 5.92. The summed E-state index contributed by atoms with van der Waals surface area (Å²) in [4.78, 5) is 26.0. The smallest absolute Gasteiger partial charge is 0.352 e. The lowest BCUT2D eigenvalue weighted by Crippen LogP contribution is -2.10. The van der Waals surface area contributed by atoms with Crippen molar-refractivity contribution < 1.29 is 14.6 Å². The average Bonchev–Trinajstić information content (AvgIpc) is 2.60. The predicted octanol–water partition coefficient (Wildman–Crippen LogP) is 2.63. The summed E-state index contributed by atoms with van der Waals surface area (Å²) in [5.41, 5.74) is 1.22. The fourth-order valence-corrected chi connectivity index (χ4v) is 2.33. The number of methoxy groups -OCH3 is 1. The van der Waals surface area contributed by atoms with Crippen LogP contribution in [-0.2, 0) is 0 Å².